The lowest BCUT2D eigenvalue weighted by Crippen LogP contribution is -2.32. The van der Waals surface area contributed by atoms with Gasteiger partial charge in [0.15, 0.2) is 9.84 Å². The zero-order chi connectivity index (χ0) is 12.0. The molecule has 1 aliphatic rings. The van der Waals surface area contributed by atoms with Crippen molar-refractivity contribution in [1.82, 2.24) is 5.32 Å². The van der Waals surface area contributed by atoms with E-state index in [1.165, 1.54) is 6.42 Å². The summed E-state index contributed by atoms with van der Waals surface area (Å²) >= 11 is 0. The van der Waals surface area contributed by atoms with Gasteiger partial charge in [0.1, 0.15) is 0 Å². The molecule has 0 unspecified atom stereocenters. The highest BCUT2D eigenvalue weighted by Gasteiger charge is 2.26. The molecule has 0 spiro atoms. The highest BCUT2D eigenvalue weighted by molar-refractivity contribution is 7.92. The topological polar surface area (TPSA) is 46.2 Å². The fourth-order valence-electron chi connectivity index (χ4n) is 2.20. The summed E-state index contributed by atoms with van der Waals surface area (Å²) in [4.78, 5) is 0. The van der Waals surface area contributed by atoms with E-state index in [2.05, 4.69) is 19.2 Å². The van der Waals surface area contributed by atoms with Crippen LogP contribution in [0.3, 0.4) is 0 Å². The van der Waals surface area contributed by atoms with E-state index in [9.17, 15) is 8.42 Å². The van der Waals surface area contributed by atoms with Crippen LogP contribution in [0, 0.1) is 5.92 Å². The second kappa shape index (κ2) is 6.60. The second-order valence-corrected chi connectivity index (χ2v) is 7.63. The van der Waals surface area contributed by atoms with Gasteiger partial charge in [-0.05, 0) is 25.3 Å². The molecule has 1 aliphatic carbocycles. The van der Waals surface area contributed by atoms with Crippen molar-refractivity contribution < 1.29 is 8.42 Å². The van der Waals surface area contributed by atoms with Crippen molar-refractivity contribution in [2.75, 3.05) is 18.8 Å². The first kappa shape index (κ1) is 14.0. The summed E-state index contributed by atoms with van der Waals surface area (Å²) in [6.45, 7) is 5.77. The van der Waals surface area contributed by atoms with Crippen LogP contribution in [0.4, 0.5) is 0 Å². The molecule has 1 saturated carbocycles. The third-order valence-corrected chi connectivity index (χ3v) is 5.44. The maximum Gasteiger partial charge on any atom is 0.154 e. The highest BCUT2D eigenvalue weighted by atomic mass is 32.2. The van der Waals surface area contributed by atoms with Crippen LogP contribution in [0.2, 0.25) is 0 Å². The van der Waals surface area contributed by atoms with Crippen molar-refractivity contribution >= 4 is 9.84 Å². The number of hydrogen-bond donors (Lipinski definition) is 1. The monoisotopic (exact) mass is 247 g/mol. The van der Waals surface area contributed by atoms with Gasteiger partial charge in [0, 0.05) is 6.54 Å². The van der Waals surface area contributed by atoms with E-state index in [0.717, 1.165) is 32.2 Å². The lowest BCUT2D eigenvalue weighted by Gasteiger charge is -2.21. The van der Waals surface area contributed by atoms with Crippen LogP contribution in [-0.2, 0) is 9.84 Å². The Kier molecular flexibility index (Phi) is 5.76. The number of nitrogens with one attached hydrogen (secondary N) is 1. The Morgan fingerprint density at radius 1 is 1.19 bits per heavy atom. The van der Waals surface area contributed by atoms with E-state index in [1.54, 1.807) is 0 Å². The van der Waals surface area contributed by atoms with E-state index >= 15 is 0 Å². The molecular weight excluding hydrogens is 222 g/mol. The molecule has 1 fully saturated rings. The smallest absolute Gasteiger partial charge is 0.154 e. The zero-order valence-corrected chi connectivity index (χ0v) is 11.4. The van der Waals surface area contributed by atoms with Crippen molar-refractivity contribution in [1.29, 1.82) is 0 Å². The number of hydrogen-bond acceptors (Lipinski definition) is 3. The third kappa shape index (κ3) is 4.83. The maximum absolute atomic E-state index is 12.0. The molecule has 0 heterocycles. The molecule has 0 radical (unpaired) electrons. The van der Waals surface area contributed by atoms with Crippen LogP contribution in [-0.4, -0.2) is 32.5 Å². The van der Waals surface area contributed by atoms with Crippen molar-refractivity contribution in [2.45, 2.75) is 51.2 Å². The molecule has 0 atom stereocenters. The van der Waals surface area contributed by atoms with Crippen LogP contribution in [0.15, 0.2) is 0 Å². The standard InChI is InChI=1S/C12H25NO2S/c1-11(2)10-13-8-9-16(14,15)12-6-4-3-5-7-12/h11-13H,3-10H2,1-2H3. The molecule has 0 saturated heterocycles. The first-order valence-electron chi connectivity index (χ1n) is 6.44. The molecule has 0 aromatic rings. The minimum Gasteiger partial charge on any atom is -0.315 e. The average Bonchev–Trinajstić information content (AvgIpc) is 2.26. The van der Waals surface area contributed by atoms with Crippen molar-refractivity contribution in [3.63, 3.8) is 0 Å². The number of rotatable bonds is 6. The van der Waals surface area contributed by atoms with Crippen LogP contribution < -0.4 is 5.32 Å². The summed E-state index contributed by atoms with van der Waals surface area (Å²) < 4.78 is 24.0. The van der Waals surface area contributed by atoms with Gasteiger partial charge in [-0.25, -0.2) is 8.42 Å². The van der Waals surface area contributed by atoms with E-state index in [1.807, 2.05) is 0 Å². The number of sulfone groups is 1. The summed E-state index contributed by atoms with van der Waals surface area (Å²) in [7, 11) is -2.84. The lowest BCUT2D eigenvalue weighted by atomic mass is 10.0. The molecule has 0 aromatic heterocycles. The molecule has 4 heteroatoms. The van der Waals surface area contributed by atoms with Crippen LogP contribution in [0.5, 0.6) is 0 Å². The molecular formula is C12H25NO2S. The first-order chi connectivity index (χ1) is 7.52. The lowest BCUT2D eigenvalue weighted by molar-refractivity contribution is 0.481. The molecule has 0 aliphatic heterocycles. The van der Waals surface area contributed by atoms with E-state index in [-0.39, 0.29) is 5.25 Å². The predicted molar refractivity (Wildman–Crippen MR) is 68.4 cm³/mol. The Morgan fingerprint density at radius 3 is 2.38 bits per heavy atom. The Hall–Kier alpha value is -0.0900. The normalized spacial score (nSPS) is 19.2. The second-order valence-electron chi connectivity index (χ2n) is 5.22. The molecule has 0 amide bonds. The fourth-order valence-corrected chi connectivity index (χ4v) is 4.01. The van der Waals surface area contributed by atoms with Gasteiger partial charge in [0.2, 0.25) is 0 Å². The third-order valence-electron chi connectivity index (χ3n) is 3.18. The molecule has 1 rings (SSSR count). The van der Waals surface area contributed by atoms with Gasteiger partial charge in [-0.1, -0.05) is 33.1 Å². The SMILES string of the molecule is CC(C)CNCCS(=O)(=O)C1CCCCC1. The summed E-state index contributed by atoms with van der Waals surface area (Å²) in [5.41, 5.74) is 0. The zero-order valence-electron chi connectivity index (χ0n) is 10.5. The van der Waals surface area contributed by atoms with Gasteiger partial charge in [0.25, 0.3) is 0 Å². The average molecular weight is 247 g/mol. The summed E-state index contributed by atoms with van der Waals surface area (Å²) in [6, 6.07) is 0. The van der Waals surface area contributed by atoms with Gasteiger partial charge in [0.05, 0.1) is 11.0 Å². The maximum atomic E-state index is 12.0. The predicted octanol–water partition coefficient (Wildman–Crippen LogP) is 1.98. The molecule has 96 valence electrons. The largest absolute Gasteiger partial charge is 0.315 e. The molecule has 3 nitrogen and oxygen atoms in total. The minimum absolute atomic E-state index is 0.0536. The Morgan fingerprint density at radius 2 is 1.81 bits per heavy atom. The van der Waals surface area contributed by atoms with E-state index in [4.69, 9.17) is 0 Å². The van der Waals surface area contributed by atoms with Gasteiger partial charge in [-0.2, -0.15) is 0 Å². The van der Waals surface area contributed by atoms with Crippen molar-refractivity contribution in [3.8, 4) is 0 Å². The first-order valence-corrected chi connectivity index (χ1v) is 8.16. The van der Waals surface area contributed by atoms with Crippen molar-refractivity contribution in [3.05, 3.63) is 0 Å². The van der Waals surface area contributed by atoms with Crippen molar-refractivity contribution in [2.24, 2.45) is 5.92 Å². The molecule has 1 N–H and O–H groups in total. The molecule has 0 aromatic carbocycles. The van der Waals surface area contributed by atoms with Gasteiger partial charge < -0.3 is 5.32 Å². The van der Waals surface area contributed by atoms with E-state index in [0.29, 0.717) is 18.2 Å². The van der Waals surface area contributed by atoms with Crippen LogP contribution in [0.1, 0.15) is 46.0 Å². The minimum atomic E-state index is -2.84. The summed E-state index contributed by atoms with van der Waals surface area (Å²) in [5, 5.41) is 3.15. The Bertz CT molecular complexity index is 279. The fraction of sp³-hybridized carbons (Fsp3) is 1.00. The Balaban J connectivity index is 2.27. The van der Waals surface area contributed by atoms with Gasteiger partial charge in [-0.15, -0.1) is 0 Å². The molecule has 16 heavy (non-hydrogen) atoms. The van der Waals surface area contributed by atoms with Gasteiger partial charge in [-0.3, -0.25) is 0 Å². The van der Waals surface area contributed by atoms with Crippen LogP contribution >= 0.6 is 0 Å². The summed E-state index contributed by atoms with van der Waals surface area (Å²) in [6.07, 6.45) is 5.14. The highest BCUT2D eigenvalue weighted by Crippen LogP contribution is 2.23. The van der Waals surface area contributed by atoms with E-state index < -0.39 is 9.84 Å². The van der Waals surface area contributed by atoms with Gasteiger partial charge >= 0.3 is 0 Å². The quantitative estimate of drug-likeness (QED) is 0.730. The summed E-state index contributed by atoms with van der Waals surface area (Å²) in [5.74, 6) is 0.891. The Labute approximate surface area is 99.9 Å². The molecule has 0 bridgehead atoms. The van der Waals surface area contributed by atoms with Crippen LogP contribution in [0.25, 0.3) is 0 Å².